The highest BCUT2D eigenvalue weighted by Gasteiger charge is 2.12. The fraction of sp³-hybridized carbons (Fsp3) is 0.647. The van der Waals surface area contributed by atoms with Crippen molar-refractivity contribution in [1.82, 2.24) is 0 Å². The minimum atomic E-state index is 0.165. The van der Waals surface area contributed by atoms with E-state index in [1.807, 2.05) is 0 Å². The van der Waals surface area contributed by atoms with E-state index in [1.54, 1.807) is 0 Å². The predicted molar refractivity (Wildman–Crippen MR) is 92.0 cm³/mol. The van der Waals surface area contributed by atoms with E-state index in [9.17, 15) is 0 Å². The van der Waals surface area contributed by atoms with Crippen LogP contribution in [0.4, 0.5) is 0 Å². The Labute approximate surface area is 137 Å². The van der Waals surface area contributed by atoms with Crippen molar-refractivity contribution in [2.75, 3.05) is 19.8 Å². The SMILES string of the molecule is CCC(N)Cc1cc(Br)cc(C)c1OCCOCC(C)C. The van der Waals surface area contributed by atoms with Crippen LogP contribution in [0.3, 0.4) is 0 Å². The molecule has 21 heavy (non-hydrogen) atoms. The largest absolute Gasteiger partial charge is 0.491 e. The Balaban J connectivity index is 2.66. The maximum absolute atomic E-state index is 6.09. The zero-order valence-electron chi connectivity index (χ0n) is 13.6. The number of hydrogen-bond acceptors (Lipinski definition) is 3. The third-order valence-electron chi connectivity index (χ3n) is 3.25. The van der Waals surface area contributed by atoms with Gasteiger partial charge in [0.25, 0.3) is 0 Å². The number of ether oxygens (including phenoxy) is 2. The van der Waals surface area contributed by atoms with Gasteiger partial charge in [-0.25, -0.2) is 0 Å². The molecule has 1 unspecified atom stereocenters. The maximum Gasteiger partial charge on any atom is 0.125 e. The first kappa shape index (κ1) is 18.5. The first-order valence-electron chi connectivity index (χ1n) is 7.69. The lowest BCUT2D eigenvalue weighted by molar-refractivity contribution is 0.0814. The van der Waals surface area contributed by atoms with Crippen molar-refractivity contribution in [3.05, 3.63) is 27.7 Å². The van der Waals surface area contributed by atoms with Crippen LogP contribution in [0.2, 0.25) is 0 Å². The molecule has 0 amide bonds. The van der Waals surface area contributed by atoms with Gasteiger partial charge in [-0.05, 0) is 48.9 Å². The Morgan fingerprint density at radius 1 is 1.24 bits per heavy atom. The van der Waals surface area contributed by atoms with Crippen LogP contribution >= 0.6 is 15.9 Å². The Bertz CT molecular complexity index is 435. The normalized spacial score (nSPS) is 12.7. The maximum atomic E-state index is 6.09. The Morgan fingerprint density at radius 3 is 2.57 bits per heavy atom. The number of halogens is 1. The molecule has 2 N–H and O–H groups in total. The van der Waals surface area contributed by atoms with Crippen molar-refractivity contribution < 1.29 is 9.47 Å². The summed E-state index contributed by atoms with van der Waals surface area (Å²) in [4.78, 5) is 0. The molecule has 1 aromatic rings. The van der Waals surface area contributed by atoms with Crippen molar-refractivity contribution in [3.8, 4) is 5.75 Å². The topological polar surface area (TPSA) is 44.5 Å². The van der Waals surface area contributed by atoms with Gasteiger partial charge >= 0.3 is 0 Å². The highest BCUT2D eigenvalue weighted by atomic mass is 79.9. The second kappa shape index (κ2) is 9.44. The van der Waals surface area contributed by atoms with Crippen LogP contribution < -0.4 is 10.5 Å². The molecule has 0 bridgehead atoms. The van der Waals surface area contributed by atoms with E-state index in [4.69, 9.17) is 15.2 Å². The van der Waals surface area contributed by atoms with Gasteiger partial charge in [0.15, 0.2) is 0 Å². The van der Waals surface area contributed by atoms with Crippen molar-refractivity contribution in [1.29, 1.82) is 0 Å². The molecule has 0 heterocycles. The lowest BCUT2D eigenvalue weighted by atomic mass is 10.0. The number of hydrogen-bond donors (Lipinski definition) is 1. The molecule has 0 saturated heterocycles. The highest BCUT2D eigenvalue weighted by Crippen LogP contribution is 2.29. The van der Waals surface area contributed by atoms with E-state index < -0.39 is 0 Å². The zero-order valence-corrected chi connectivity index (χ0v) is 15.2. The number of nitrogens with two attached hydrogens (primary N) is 1. The summed E-state index contributed by atoms with van der Waals surface area (Å²) in [5.41, 5.74) is 8.39. The Hall–Kier alpha value is -0.580. The molecule has 0 fully saturated rings. The standard InChI is InChI=1S/C17H28BrNO2/c1-5-16(19)10-14-9-15(18)8-13(4)17(14)21-7-6-20-11-12(2)3/h8-9,12,16H,5-7,10-11,19H2,1-4H3. The zero-order chi connectivity index (χ0) is 15.8. The van der Waals surface area contributed by atoms with Crippen molar-refractivity contribution in [2.24, 2.45) is 11.7 Å². The minimum Gasteiger partial charge on any atom is -0.491 e. The summed E-state index contributed by atoms with van der Waals surface area (Å²) in [5.74, 6) is 1.51. The summed E-state index contributed by atoms with van der Waals surface area (Å²) in [6.07, 6.45) is 1.79. The van der Waals surface area contributed by atoms with E-state index in [2.05, 4.69) is 55.8 Å². The molecule has 3 nitrogen and oxygen atoms in total. The average Bonchev–Trinajstić information content (AvgIpc) is 2.40. The molecule has 0 aliphatic rings. The van der Waals surface area contributed by atoms with Crippen LogP contribution in [0.25, 0.3) is 0 Å². The third kappa shape index (κ3) is 6.81. The molecule has 4 heteroatoms. The molecule has 0 radical (unpaired) electrons. The van der Waals surface area contributed by atoms with Gasteiger partial charge in [-0.3, -0.25) is 0 Å². The summed E-state index contributed by atoms with van der Waals surface area (Å²) in [5, 5.41) is 0. The van der Waals surface area contributed by atoms with Gasteiger partial charge in [-0.15, -0.1) is 0 Å². The molecular formula is C17H28BrNO2. The lowest BCUT2D eigenvalue weighted by Gasteiger charge is -2.17. The molecule has 1 aromatic carbocycles. The number of rotatable bonds is 9. The lowest BCUT2D eigenvalue weighted by Crippen LogP contribution is -2.22. The fourth-order valence-electron chi connectivity index (χ4n) is 2.11. The summed E-state index contributed by atoms with van der Waals surface area (Å²) < 4.78 is 12.6. The van der Waals surface area contributed by atoms with Crippen LogP contribution in [0.5, 0.6) is 5.75 Å². The first-order valence-corrected chi connectivity index (χ1v) is 8.48. The molecule has 0 spiro atoms. The van der Waals surface area contributed by atoms with Crippen LogP contribution in [0.1, 0.15) is 38.3 Å². The van der Waals surface area contributed by atoms with Crippen LogP contribution in [0.15, 0.2) is 16.6 Å². The summed E-state index contributed by atoms with van der Waals surface area (Å²) in [6, 6.07) is 4.34. The van der Waals surface area contributed by atoms with Gasteiger partial charge < -0.3 is 15.2 Å². The van der Waals surface area contributed by atoms with E-state index in [0.717, 1.165) is 35.2 Å². The van der Waals surface area contributed by atoms with Crippen molar-refractivity contribution in [3.63, 3.8) is 0 Å². The van der Waals surface area contributed by atoms with E-state index in [1.165, 1.54) is 5.56 Å². The summed E-state index contributed by atoms with van der Waals surface area (Å²) >= 11 is 3.55. The van der Waals surface area contributed by atoms with Gasteiger partial charge in [-0.1, -0.05) is 36.7 Å². The van der Waals surface area contributed by atoms with Crippen LogP contribution in [0, 0.1) is 12.8 Å². The van der Waals surface area contributed by atoms with Crippen molar-refractivity contribution >= 4 is 15.9 Å². The smallest absolute Gasteiger partial charge is 0.125 e. The highest BCUT2D eigenvalue weighted by molar-refractivity contribution is 9.10. The molecule has 1 rings (SSSR count). The molecule has 1 atom stereocenters. The minimum absolute atomic E-state index is 0.165. The average molecular weight is 358 g/mol. The van der Waals surface area contributed by atoms with E-state index in [-0.39, 0.29) is 6.04 Å². The third-order valence-corrected chi connectivity index (χ3v) is 3.71. The Morgan fingerprint density at radius 2 is 1.95 bits per heavy atom. The Kier molecular flexibility index (Phi) is 8.30. The quantitative estimate of drug-likeness (QED) is 0.677. The fourth-order valence-corrected chi connectivity index (χ4v) is 2.73. The molecular weight excluding hydrogens is 330 g/mol. The first-order chi connectivity index (χ1) is 9.93. The molecule has 0 aliphatic heterocycles. The van der Waals surface area contributed by atoms with Gasteiger partial charge in [0, 0.05) is 17.1 Å². The van der Waals surface area contributed by atoms with E-state index >= 15 is 0 Å². The molecule has 120 valence electrons. The van der Waals surface area contributed by atoms with E-state index in [0.29, 0.717) is 19.1 Å². The van der Waals surface area contributed by atoms with Gasteiger partial charge in [-0.2, -0.15) is 0 Å². The number of aryl methyl sites for hydroxylation is 1. The molecule has 0 aromatic heterocycles. The predicted octanol–water partition coefficient (Wildman–Crippen LogP) is 4.09. The van der Waals surface area contributed by atoms with Gasteiger partial charge in [0.2, 0.25) is 0 Å². The molecule has 0 aliphatic carbocycles. The second-order valence-corrected chi connectivity index (χ2v) is 6.82. The van der Waals surface area contributed by atoms with Gasteiger partial charge in [0.1, 0.15) is 12.4 Å². The second-order valence-electron chi connectivity index (χ2n) is 5.90. The van der Waals surface area contributed by atoms with Crippen LogP contribution in [-0.2, 0) is 11.2 Å². The summed E-state index contributed by atoms with van der Waals surface area (Å²) in [7, 11) is 0. The van der Waals surface area contributed by atoms with Gasteiger partial charge in [0.05, 0.1) is 6.61 Å². The van der Waals surface area contributed by atoms with Crippen LogP contribution in [-0.4, -0.2) is 25.9 Å². The molecule has 0 saturated carbocycles. The monoisotopic (exact) mass is 357 g/mol. The number of benzene rings is 1. The van der Waals surface area contributed by atoms with Crippen molar-refractivity contribution in [2.45, 2.75) is 46.6 Å². The summed E-state index contributed by atoms with van der Waals surface area (Å²) in [6.45, 7) is 10.4.